The van der Waals surface area contributed by atoms with Crippen LogP contribution in [-0.2, 0) is 9.59 Å². The number of carbonyl (C=O) groups excluding carboxylic acids is 2. The van der Waals surface area contributed by atoms with E-state index in [0.29, 0.717) is 17.0 Å². The smallest absolute Gasteiger partial charge is 0.270 e. The number of nitrogens with zero attached hydrogens (tertiary/aromatic N) is 1. The molecule has 0 spiro atoms. The summed E-state index contributed by atoms with van der Waals surface area (Å²) in [5.74, 6) is -0.455. The van der Waals surface area contributed by atoms with Crippen LogP contribution in [0.25, 0.3) is 6.08 Å². The van der Waals surface area contributed by atoms with Crippen molar-refractivity contribution in [2.45, 2.75) is 0 Å². The average molecular weight is 384 g/mol. The molecule has 1 saturated heterocycles. The number of anilines is 1. The summed E-state index contributed by atoms with van der Waals surface area (Å²) in [7, 11) is 2.94. The highest BCUT2D eigenvalue weighted by molar-refractivity contribution is 7.80. The van der Waals surface area contributed by atoms with Gasteiger partial charge in [0.1, 0.15) is 11.3 Å². The summed E-state index contributed by atoms with van der Waals surface area (Å²) in [6.07, 6.45) is 1.38. The van der Waals surface area contributed by atoms with Gasteiger partial charge in [0.05, 0.1) is 19.9 Å². The first-order valence-electron chi connectivity index (χ1n) is 7.87. The van der Waals surface area contributed by atoms with E-state index >= 15 is 0 Å². The van der Waals surface area contributed by atoms with Crippen molar-refractivity contribution in [3.05, 3.63) is 53.6 Å². The van der Waals surface area contributed by atoms with Gasteiger partial charge in [-0.25, -0.2) is 0 Å². The second kappa shape index (κ2) is 7.46. The lowest BCUT2D eigenvalue weighted by Crippen LogP contribution is -2.54. The molecule has 138 valence electrons. The highest BCUT2D eigenvalue weighted by Gasteiger charge is 2.34. The molecular weight excluding hydrogens is 368 g/mol. The number of thiocarbonyl (C=S) groups is 1. The Labute approximate surface area is 160 Å². The van der Waals surface area contributed by atoms with Gasteiger partial charge in [-0.1, -0.05) is 12.1 Å². The second-order valence-corrected chi connectivity index (χ2v) is 5.98. The van der Waals surface area contributed by atoms with Crippen molar-refractivity contribution in [3.63, 3.8) is 0 Å². The van der Waals surface area contributed by atoms with Crippen LogP contribution in [0.1, 0.15) is 5.56 Å². The zero-order valence-corrected chi connectivity index (χ0v) is 15.4. The highest BCUT2D eigenvalue weighted by Crippen LogP contribution is 2.29. The summed E-state index contributed by atoms with van der Waals surface area (Å²) in [5, 5.41) is 12.4. The van der Waals surface area contributed by atoms with Crippen LogP contribution < -0.4 is 19.7 Å². The van der Waals surface area contributed by atoms with Gasteiger partial charge in [-0.3, -0.25) is 19.8 Å². The third-order valence-electron chi connectivity index (χ3n) is 3.93. The molecule has 3 rings (SSSR count). The van der Waals surface area contributed by atoms with Crippen LogP contribution in [0.2, 0.25) is 0 Å². The molecule has 2 N–H and O–H groups in total. The highest BCUT2D eigenvalue weighted by atomic mass is 32.1. The molecule has 2 aromatic rings. The number of hydrogen-bond acceptors (Lipinski definition) is 6. The summed E-state index contributed by atoms with van der Waals surface area (Å²) in [6, 6.07) is 11.3. The molecule has 1 heterocycles. The third-order valence-corrected chi connectivity index (χ3v) is 4.21. The van der Waals surface area contributed by atoms with Crippen molar-refractivity contribution in [1.29, 1.82) is 0 Å². The van der Waals surface area contributed by atoms with Crippen LogP contribution in [0.5, 0.6) is 17.2 Å². The van der Waals surface area contributed by atoms with Crippen LogP contribution in [0, 0.1) is 0 Å². The number of aromatic hydroxyl groups is 1. The molecule has 0 unspecified atom stereocenters. The number of nitrogens with one attached hydrogen (secondary N) is 1. The maximum Gasteiger partial charge on any atom is 0.270 e. The fourth-order valence-corrected chi connectivity index (χ4v) is 2.89. The molecule has 2 amide bonds. The zero-order valence-electron chi connectivity index (χ0n) is 14.6. The number of rotatable bonds is 4. The number of phenols is 1. The molecule has 0 aliphatic carbocycles. The number of phenolic OH excluding ortho intramolecular Hbond substituents is 1. The minimum Gasteiger partial charge on any atom is -0.504 e. The van der Waals surface area contributed by atoms with E-state index in [1.807, 2.05) is 0 Å². The van der Waals surface area contributed by atoms with E-state index in [0.717, 1.165) is 0 Å². The minimum absolute atomic E-state index is 0.0204. The van der Waals surface area contributed by atoms with Crippen molar-refractivity contribution in [2.75, 3.05) is 19.1 Å². The van der Waals surface area contributed by atoms with Gasteiger partial charge in [-0.2, -0.15) is 0 Å². The summed E-state index contributed by atoms with van der Waals surface area (Å²) in [4.78, 5) is 26.5. The Kier molecular flexibility index (Phi) is 5.09. The molecule has 0 aromatic heterocycles. The largest absolute Gasteiger partial charge is 0.504 e. The monoisotopic (exact) mass is 384 g/mol. The van der Waals surface area contributed by atoms with Gasteiger partial charge in [0, 0.05) is 6.07 Å². The minimum atomic E-state index is -0.612. The molecule has 1 aliphatic rings. The predicted octanol–water partition coefficient (Wildman–Crippen LogP) is 2.24. The van der Waals surface area contributed by atoms with Gasteiger partial charge in [-0.05, 0) is 48.1 Å². The summed E-state index contributed by atoms with van der Waals surface area (Å²) in [6.45, 7) is 0. The first-order chi connectivity index (χ1) is 12.9. The van der Waals surface area contributed by atoms with Gasteiger partial charge in [0.2, 0.25) is 0 Å². The van der Waals surface area contributed by atoms with E-state index < -0.39 is 11.8 Å². The van der Waals surface area contributed by atoms with Gasteiger partial charge >= 0.3 is 0 Å². The normalized spacial score (nSPS) is 15.7. The fraction of sp³-hybridized carbons (Fsp3) is 0.105. The molecule has 1 fully saturated rings. The van der Waals surface area contributed by atoms with E-state index in [9.17, 15) is 14.7 Å². The van der Waals surface area contributed by atoms with Crippen molar-refractivity contribution < 1.29 is 24.2 Å². The van der Waals surface area contributed by atoms with Gasteiger partial charge in [0.25, 0.3) is 11.8 Å². The van der Waals surface area contributed by atoms with E-state index in [2.05, 4.69) is 5.32 Å². The van der Waals surface area contributed by atoms with Crippen LogP contribution in [-0.4, -0.2) is 36.3 Å². The van der Waals surface area contributed by atoms with Crippen LogP contribution in [0.4, 0.5) is 5.69 Å². The predicted molar refractivity (Wildman–Crippen MR) is 104 cm³/mol. The van der Waals surface area contributed by atoms with Gasteiger partial charge in [0.15, 0.2) is 16.6 Å². The Hall–Kier alpha value is -3.39. The number of hydrogen-bond donors (Lipinski definition) is 2. The maximum atomic E-state index is 12.9. The third kappa shape index (κ3) is 3.61. The number of ether oxygens (including phenoxy) is 2. The van der Waals surface area contributed by atoms with Crippen LogP contribution in [0.3, 0.4) is 0 Å². The lowest BCUT2D eigenvalue weighted by atomic mass is 10.1. The molecule has 2 aromatic carbocycles. The molecule has 1 aliphatic heterocycles. The van der Waals surface area contributed by atoms with E-state index in [1.165, 1.54) is 37.3 Å². The molecule has 0 atom stereocenters. The quantitative estimate of drug-likeness (QED) is 0.478. The first-order valence-corrected chi connectivity index (χ1v) is 8.28. The number of carbonyl (C=O) groups is 2. The fourth-order valence-electron chi connectivity index (χ4n) is 2.60. The Balaban J connectivity index is 2.00. The topological polar surface area (TPSA) is 88.1 Å². The van der Waals surface area contributed by atoms with Gasteiger partial charge in [-0.15, -0.1) is 0 Å². The molecule has 7 nitrogen and oxygen atoms in total. The van der Waals surface area contributed by atoms with Crippen molar-refractivity contribution in [2.24, 2.45) is 0 Å². The van der Waals surface area contributed by atoms with E-state index in [-0.39, 0.29) is 22.2 Å². The first kappa shape index (κ1) is 18.4. The number of amides is 2. The number of benzene rings is 2. The average Bonchev–Trinajstić information content (AvgIpc) is 2.65. The van der Waals surface area contributed by atoms with Crippen molar-refractivity contribution >= 4 is 40.9 Å². The Morgan fingerprint density at radius 1 is 1.11 bits per heavy atom. The number of methoxy groups -OCH3 is 2. The second-order valence-electron chi connectivity index (χ2n) is 5.59. The molecule has 0 saturated carbocycles. The lowest BCUT2D eigenvalue weighted by Gasteiger charge is -2.29. The molecule has 0 bridgehead atoms. The van der Waals surface area contributed by atoms with E-state index in [1.54, 1.807) is 30.3 Å². The Morgan fingerprint density at radius 2 is 1.89 bits per heavy atom. The molecule has 27 heavy (non-hydrogen) atoms. The summed E-state index contributed by atoms with van der Waals surface area (Å²) in [5.41, 5.74) is 0.814. The van der Waals surface area contributed by atoms with Crippen molar-refractivity contribution in [3.8, 4) is 17.2 Å². The standard InChI is InChI=1S/C19H16N2O5S/c1-25-13-5-3-4-12(10-13)21-18(24)14(17(23)20-19(21)27)8-11-6-7-16(26-2)15(22)9-11/h3-10,22H,1-2H3,(H,20,23,27)/b14-8+. The SMILES string of the molecule is COc1cccc(N2C(=O)/C(=C/c3ccc(OC)c(O)c3)C(=O)NC2=S)c1. The summed E-state index contributed by atoms with van der Waals surface area (Å²) >= 11 is 5.16. The van der Waals surface area contributed by atoms with E-state index in [4.69, 9.17) is 21.7 Å². The maximum absolute atomic E-state index is 12.9. The molecule has 8 heteroatoms. The van der Waals surface area contributed by atoms with Crippen LogP contribution >= 0.6 is 12.2 Å². The lowest BCUT2D eigenvalue weighted by molar-refractivity contribution is -0.122. The van der Waals surface area contributed by atoms with Crippen LogP contribution in [0.15, 0.2) is 48.0 Å². The zero-order chi connectivity index (χ0) is 19.6. The summed E-state index contributed by atoms with van der Waals surface area (Å²) < 4.78 is 10.2. The molecule has 0 radical (unpaired) electrons. The Bertz CT molecular complexity index is 970. The molecular formula is C19H16N2O5S. The van der Waals surface area contributed by atoms with Gasteiger partial charge < -0.3 is 14.6 Å². The van der Waals surface area contributed by atoms with Crippen molar-refractivity contribution in [1.82, 2.24) is 5.32 Å². The Morgan fingerprint density at radius 3 is 2.56 bits per heavy atom.